The van der Waals surface area contributed by atoms with Gasteiger partial charge < -0.3 is 10.1 Å². The topological polar surface area (TPSA) is 92.2 Å². The van der Waals surface area contributed by atoms with Crippen molar-refractivity contribution in [3.63, 3.8) is 0 Å². The first-order chi connectivity index (χ1) is 9.00. The van der Waals surface area contributed by atoms with Crippen LogP contribution in [0.4, 0.5) is 0 Å². The Kier molecular flexibility index (Phi) is 2.35. The number of para-hydroxylation sites is 1. The SMILES string of the molecule is CC1CC1n1c(=O)c(=O)[nH]c2c(C(=O)O)cccc21. The lowest BCUT2D eigenvalue weighted by Crippen LogP contribution is -2.36. The highest BCUT2D eigenvalue weighted by atomic mass is 16.4. The molecule has 0 radical (unpaired) electrons. The molecule has 6 heteroatoms. The summed E-state index contributed by atoms with van der Waals surface area (Å²) in [6.07, 6.45) is 0.829. The number of aromatic nitrogens is 2. The number of rotatable bonds is 2. The molecule has 2 atom stereocenters. The number of aromatic amines is 1. The second-order valence-electron chi connectivity index (χ2n) is 4.91. The van der Waals surface area contributed by atoms with Gasteiger partial charge in [0.05, 0.1) is 16.6 Å². The Hall–Kier alpha value is -2.37. The van der Waals surface area contributed by atoms with Crippen LogP contribution in [-0.2, 0) is 0 Å². The molecule has 1 aliphatic carbocycles. The van der Waals surface area contributed by atoms with E-state index in [2.05, 4.69) is 4.98 Å². The average molecular weight is 260 g/mol. The molecule has 1 aromatic heterocycles. The van der Waals surface area contributed by atoms with E-state index in [0.717, 1.165) is 6.42 Å². The lowest BCUT2D eigenvalue weighted by molar-refractivity contribution is 0.0699. The van der Waals surface area contributed by atoms with Crippen LogP contribution in [0.25, 0.3) is 11.0 Å². The van der Waals surface area contributed by atoms with Gasteiger partial charge in [0.2, 0.25) is 0 Å². The number of hydrogen-bond donors (Lipinski definition) is 2. The summed E-state index contributed by atoms with van der Waals surface area (Å²) in [5, 5.41) is 9.13. The molecule has 1 saturated carbocycles. The molecule has 0 aliphatic heterocycles. The molecule has 0 bridgehead atoms. The van der Waals surface area contributed by atoms with Crippen molar-refractivity contribution < 1.29 is 9.90 Å². The lowest BCUT2D eigenvalue weighted by Gasteiger charge is -2.10. The number of benzene rings is 1. The summed E-state index contributed by atoms with van der Waals surface area (Å²) in [5.74, 6) is -0.800. The fraction of sp³-hybridized carbons (Fsp3) is 0.308. The fourth-order valence-electron chi connectivity index (χ4n) is 2.43. The highest BCUT2D eigenvalue weighted by molar-refractivity contribution is 6.00. The van der Waals surface area contributed by atoms with E-state index in [9.17, 15) is 14.4 Å². The van der Waals surface area contributed by atoms with Crippen LogP contribution in [-0.4, -0.2) is 20.6 Å². The zero-order chi connectivity index (χ0) is 13.7. The minimum absolute atomic E-state index is 0.00310. The van der Waals surface area contributed by atoms with E-state index >= 15 is 0 Å². The second-order valence-corrected chi connectivity index (χ2v) is 4.91. The molecule has 3 rings (SSSR count). The van der Waals surface area contributed by atoms with Gasteiger partial charge in [0.1, 0.15) is 0 Å². The van der Waals surface area contributed by atoms with Gasteiger partial charge in [0, 0.05) is 6.04 Å². The van der Waals surface area contributed by atoms with E-state index in [1.165, 1.54) is 10.6 Å². The maximum Gasteiger partial charge on any atom is 0.337 e. The van der Waals surface area contributed by atoms with Crippen molar-refractivity contribution in [1.82, 2.24) is 9.55 Å². The highest BCUT2D eigenvalue weighted by Crippen LogP contribution is 2.42. The van der Waals surface area contributed by atoms with Crippen LogP contribution in [0.2, 0.25) is 0 Å². The monoisotopic (exact) mass is 260 g/mol. The Morgan fingerprint density at radius 1 is 1.42 bits per heavy atom. The number of H-pyrrole nitrogens is 1. The molecule has 1 fully saturated rings. The van der Waals surface area contributed by atoms with Crippen LogP contribution >= 0.6 is 0 Å². The first-order valence-corrected chi connectivity index (χ1v) is 6.01. The van der Waals surface area contributed by atoms with E-state index in [4.69, 9.17) is 5.11 Å². The summed E-state index contributed by atoms with van der Waals surface area (Å²) >= 11 is 0. The number of carbonyl (C=O) groups is 1. The maximum absolute atomic E-state index is 12.0. The first kappa shape index (κ1) is 11.7. The summed E-state index contributed by atoms with van der Waals surface area (Å²) < 4.78 is 1.42. The number of carboxylic acids is 1. The number of carboxylic acid groups (broad SMARTS) is 1. The summed E-state index contributed by atoms with van der Waals surface area (Å²) in [6, 6.07) is 4.63. The van der Waals surface area contributed by atoms with E-state index in [0.29, 0.717) is 11.4 Å². The lowest BCUT2D eigenvalue weighted by atomic mass is 10.1. The molecule has 1 aliphatic rings. The Balaban J connectivity index is 2.45. The van der Waals surface area contributed by atoms with E-state index < -0.39 is 17.1 Å². The van der Waals surface area contributed by atoms with Gasteiger partial charge in [-0.15, -0.1) is 0 Å². The Morgan fingerprint density at radius 2 is 2.11 bits per heavy atom. The molecule has 1 aromatic carbocycles. The second kappa shape index (κ2) is 3.81. The Labute approximate surface area is 107 Å². The van der Waals surface area contributed by atoms with Crippen molar-refractivity contribution in [1.29, 1.82) is 0 Å². The van der Waals surface area contributed by atoms with Crippen LogP contribution in [0.3, 0.4) is 0 Å². The van der Waals surface area contributed by atoms with Gasteiger partial charge in [0.15, 0.2) is 0 Å². The third-order valence-corrected chi connectivity index (χ3v) is 3.58. The number of nitrogens with one attached hydrogen (secondary N) is 1. The van der Waals surface area contributed by atoms with Crippen molar-refractivity contribution in [2.24, 2.45) is 5.92 Å². The van der Waals surface area contributed by atoms with Gasteiger partial charge in [-0.05, 0) is 24.5 Å². The fourth-order valence-corrected chi connectivity index (χ4v) is 2.43. The molecule has 2 aromatic rings. The first-order valence-electron chi connectivity index (χ1n) is 6.01. The third-order valence-electron chi connectivity index (χ3n) is 3.58. The average Bonchev–Trinajstić information content (AvgIpc) is 3.06. The quantitative estimate of drug-likeness (QED) is 0.787. The van der Waals surface area contributed by atoms with E-state index in [1.54, 1.807) is 12.1 Å². The Morgan fingerprint density at radius 3 is 2.68 bits per heavy atom. The van der Waals surface area contributed by atoms with Crippen LogP contribution in [0, 0.1) is 5.92 Å². The maximum atomic E-state index is 12.0. The molecular formula is C13H12N2O4. The molecule has 1 heterocycles. The molecule has 0 saturated heterocycles. The van der Waals surface area contributed by atoms with Crippen molar-refractivity contribution in [3.8, 4) is 0 Å². The largest absolute Gasteiger partial charge is 0.478 e. The van der Waals surface area contributed by atoms with Crippen LogP contribution in [0.5, 0.6) is 0 Å². The minimum atomic E-state index is -1.13. The smallest absolute Gasteiger partial charge is 0.337 e. The summed E-state index contributed by atoms with van der Waals surface area (Å²) in [5.41, 5.74) is -0.723. The van der Waals surface area contributed by atoms with E-state index in [-0.39, 0.29) is 17.1 Å². The molecule has 0 amide bonds. The van der Waals surface area contributed by atoms with Gasteiger partial charge >= 0.3 is 17.1 Å². The van der Waals surface area contributed by atoms with Crippen LogP contribution < -0.4 is 11.1 Å². The molecule has 0 spiro atoms. The van der Waals surface area contributed by atoms with Gasteiger partial charge in [0.25, 0.3) is 0 Å². The standard InChI is InChI=1S/C13H12N2O4/c1-6-5-9(6)15-8-4-2-3-7(13(18)19)10(8)14-11(16)12(15)17/h2-4,6,9H,5H2,1H3,(H,14,16)(H,18,19). The third kappa shape index (κ3) is 1.68. The molecule has 6 nitrogen and oxygen atoms in total. The predicted molar refractivity (Wildman–Crippen MR) is 68.6 cm³/mol. The van der Waals surface area contributed by atoms with Crippen molar-refractivity contribution in [2.75, 3.05) is 0 Å². The van der Waals surface area contributed by atoms with Gasteiger partial charge in [-0.3, -0.25) is 14.2 Å². The Bertz CT molecular complexity index is 802. The summed E-state index contributed by atoms with van der Waals surface area (Å²) in [4.78, 5) is 37.2. The van der Waals surface area contributed by atoms with E-state index in [1.807, 2.05) is 6.92 Å². The van der Waals surface area contributed by atoms with Gasteiger partial charge in [-0.25, -0.2) is 4.79 Å². The summed E-state index contributed by atoms with van der Waals surface area (Å²) in [7, 11) is 0. The predicted octanol–water partition coefficient (Wildman–Crippen LogP) is 0.969. The van der Waals surface area contributed by atoms with Gasteiger partial charge in [-0.2, -0.15) is 0 Å². The molecule has 2 unspecified atom stereocenters. The van der Waals surface area contributed by atoms with Gasteiger partial charge in [-0.1, -0.05) is 13.0 Å². The zero-order valence-corrected chi connectivity index (χ0v) is 10.2. The number of aromatic carboxylic acids is 1. The molecule has 98 valence electrons. The highest BCUT2D eigenvalue weighted by Gasteiger charge is 2.36. The minimum Gasteiger partial charge on any atom is -0.478 e. The van der Waals surface area contributed by atoms with Crippen molar-refractivity contribution in [2.45, 2.75) is 19.4 Å². The molecule has 2 N–H and O–H groups in total. The number of hydrogen-bond acceptors (Lipinski definition) is 3. The number of nitrogens with zero attached hydrogens (tertiary/aromatic N) is 1. The van der Waals surface area contributed by atoms with Crippen molar-refractivity contribution in [3.05, 3.63) is 44.5 Å². The number of fused-ring (bicyclic) bond motifs is 1. The normalized spacial score (nSPS) is 21.5. The summed E-state index contributed by atoms with van der Waals surface area (Å²) in [6.45, 7) is 1.99. The molecule has 19 heavy (non-hydrogen) atoms. The van der Waals surface area contributed by atoms with Crippen LogP contribution in [0.1, 0.15) is 29.7 Å². The zero-order valence-electron chi connectivity index (χ0n) is 10.2. The van der Waals surface area contributed by atoms with Crippen molar-refractivity contribution >= 4 is 17.0 Å². The van der Waals surface area contributed by atoms with Crippen LogP contribution in [0.15, 0.2) is 27.8 Å². The molecular weight excluding hydrogens is 248 g/mol.